The molecule has 1 aromatic carbocycles. The second kappa shape index (κ2) is 6.21. The van der Waals surface area contributed by atoms with Crippen molar-refractivity contribution in [3.63, 3.8) is 0 Å². The molecule has 2 rings (SSSR count). The lowest BCUT2D eigenvalue weighted by molar-refractivity contribution is 0.395. The van der Waals surface area contributed by atoms with E-state index in [4.69, 9.17) is 27.4 Å². The summed E-state index contributed by atoms with van der Waals surface area (Å²) in [6.45, 7) is 0. The molecule has 2 aromatic rings. The molecule has 5 nitrogen and oxygen atoms in total. The van der Waals surface area contributed by atoms with Crippen LogP contribution in [0.5, 0.6) is 11.5 Å². The summed E-state index contributed by atoms with van der Waals surface area (Å²) in [6, 6.07) is 9.04. The fourth-order valence-electron chi connectivity index (χ4n) is 1.68. The molecule has 0 fully saturated rings. The lowest BCUT2D eigenvalue weighted by Crippen LogP contribution is -2.09. The van der Waals surface area contributed by atoms with Gasteiger partial charge in [0.15, 0.2) is 0 Å². The standard InChI is InChI=1S/C14H15N3O2S/c1-18-11-6-10(7-12(8-11)19-2)17-13-5-9(14(15)20)3-4-16-13/h3-8H,1-2H3,(H2,15,20)(H,16,17). The minimum absolute atomic E-state index is 0.332. The number of benzene rings is 1. The van der Waals surface area contributed by atoms with E-state index in [9.17, 15) is 0 Å². The third kappa shape index (κ3) is 3.36. The van der Waals surface area contributed by atoms with Crippen LogP contribution in [0.2, 0.25) is 0 Å². The molecule has 0 bridgehead atoms. The summed E-state index contributed by atoms with van der Waals surface area (Å²) in [4.78, 5) is 4.55. The topological polar surface area (TPSA) is 69.4 Å². The van der Waals surface area contributed by atoms with Gasteiger partial charge >= 0.3 is 0 Å². The fraction of sp³-hybridized carbons (Fsp3) is 0.143. The van der Waals surface area contributed by atoms with Gasteiger partial charge in [-0.25, -0.2) is 4.98 Å². The van der Waals surface area contributed by atoms with Crippen LogP contribution in [0.3, 0.4) is 0 Å². The molecule has 1 aromatic heterocycles. The van der Waals surface area contributed by atoms with Crippen molar-refractivity contribution < 1.29 is 9.47 Å². The Bertz CT molecular complexity index is 609. The number of hydrogen-bond donors (Lipinski definition) is 2. The largest absolute Gasteiger partial charge is 0.497 e. The first-order chi connectivity index (χ1) is 9.62. The molecule has 0 aliphatic heterocycles. The highest BCUT2D eigenvalue weighted by molar-refractivity contribution is 7.80. The molecule has 0 saturated carbocycles. The van der Waals surface area contributed by atoms with Gasteiger partial charge in [0.2, 0.25) is 0 Å². The van der Waals surface area contributed by atoms with Crippen molar-refractivity contribution in [1.82, 2.24) is 4.98 Å². The van der Waals surface area contributed by atoms with Crippen LogP contribution in [0, 0.1) is 0 Å². The van der Waals surface area contributed by atoms with Crippen molar-refractivity contribution in [3.05, 3.63) is 42.1 Å². The normalized spacial score (nSPS) is 9.90. The van der Waals surface area contributed by atoms with E-state index in [1.54, 1.807) is 38.6 Å². The van der Waals surface area contributed by atoms with Gasteiger partial charge in [-0.05, 0) is 12.1 Å². The Morgan fingerprint density at radius 3 is 2.35 bits per heavy atom. The first-order valence-electron chi connectivity index (χ1n) is 5.88. The summed E-state index contributed by atoms with van der Waals surface area (Å²) in [5, 5.41) is 3.16. The quantitative estimate of drug-likeness (QED) is 0.824. The zero-order valence-corrected chi connectivity index (χ0v) is 12.0. The number of nitrogens with zero attached hydrogens (tertiary/aromatic N) is 1. The molecule has 0 saturated heterocycles. The Morgan fingerprint density at radius 1 is 1.15 bits per heavy atom. The van der Waals surface area contributed by atoms with E-state index in [2.05, 4.69) is 10.3 Å². The highest BCUT2D eigenvalue weighted by Crippen LogP contribution is 2.27. The molecule has 0 aliphatic carbocycles. The van der Waals surface area contributed by atoms with Crippen molar-refractivity contribution in [2.75, 3.05) is 19.5 Å². The number of hydrogen-bond acceptors (Lipinski definition) is 5. The summed E-state index contributed by atoms with van der Waals surface area (Å²) >= 11 is 4.95. The number of methoxy groups -OCH3 is 2. The monoisotopic (exact) mass is 289 g/mol. The molecule has 0 aliphatic rings. The second-order valence-electron chi connectivity index (χ2n) is 4.02. The number of ether oxygens (including phenoxy) is 2. The molecule has 6 heteroatoms. The molecular formula is C14H15N3O2S. The van der Waals surface area contributed by atoms with E-state index < -0.39 is 0 Å². The van der Waals surface area contributed by atoms with Crippen molar-refractivity contribution in [1.29, 1.82) is 0 Å². The second-order valence-corrected chi connectivity index (χ2v) is 4.46. The predicted octanol–water partition coefficient (Wildman–Crippen LogP) is 2.48. The highest BCUT2D eigenvalue weighted by atomic mass is 32.1. The molecule has 0 radical (unpaired) electrons. The van der Waals surface area contributed by atoms with Crippen molar-refractivity contribution >= 4 is 28.7 Å². The summed E-state index contributed by atoms with van der Waals surface area (Å²) in [7, 11) is 3.20. The average Bonchev–Trinajstić information content (AvgIpc) is 2.47. The summed E-state index contributed by atoms with van der Waals surface area (Å²) in [6.07, 6.45) is 1.65. The Kier molecular flexibility index (Phi) is 4.37. The van der Waals surface area contributed by atoms with E-state index in [0.717, 1.165) is 11.3 Å². The highest BCUT2D eigenvalue weighted by Gasteiger charge is 2.04. The van der Waals surface area contributed by atoms with Gasteiger partial charge in [-0.3, -0.25) is 0 Å². The van der Waals surface area contributed by atoms with E-state index in [1.165, 1.54) is 0 Å². The first-order valence-corrected chi connectivity index (χ1v) is 6.29. The zero-order valence-electron chi connectivity index (χ0n) is 11.2. The number of aromatic nitrogens is 1. The van der Waals surface area contributed by atoms with Crippen LogP contribution >= 0.6 is 12.2 Å². The Balaban J connectivity index is 2.29. The van der Waals surface area contributed by atoms with Gasteiger partial charge < -0.3 is 20.5 Å². The summed E-state index contributed by atoms with van der Waals surface area (Å²) in [5.41, 5.74) is 7.16. The minimum Gasteiger partial charge on any atom is -0.497 e. The smallest absolute Gasteiger partial charge is 0.130 e. The lowest BCUT2D eigenvalue weighted by atomic mass is 10.2. The number of nitrogens with two attached hydrogens (primary N) is 1. The Morgan fingerprint density at radius 2 is 1.80 bits per heavy atom. The summed E-state index contributed by atoms with van der Waals surface area (Å²) < 4.78 is 10.4. The average molecular weight is 289 g/mol. The molecule has 1 heterocycles. The molecule has 0 spiro atoms. The Hall–Kier alpha value is -2.34. The molecule has 20 heavy (non-hydrogen) atoms. The SMILES string of the molecule is COc1cc(Nc2cc(C(N)=S)ccn2)cc(OC)c1. The maximum absolute atomic E-state index is 5.60. The molecule has 0 atom stereocenters. The van der Waals surface area contributed by atoms with Crippen molar-refractivity contribution in [2.24, 2.45) is 5.73 Å². The van der Waals surface area contributed by atoms with Crippen LogP contribution in [-0.4, -0.2) is 24.2 Å². The van der Waals surface area contributed by atoms with Gasteiger partial charge in [0.05, 0.1) is 14.2 Å². The minimum atomic E-state index is 0.332. The van der Waals surface area contributed by atoms with Gasteiger partial charge in [0, 0.05) is 35.6 Å². The maximum atomic E-state index is 5.60. The van der Waals surface area contributed by atoms with Crippen LogP contribution in [-0.2, 0) is 0 Å². The predicted molar refractivity (Wildman–Crippen MR) is 83.0 cm³/mol. The summed E-state index contributed by atoms with van der Waals surface area (Å²) in [5.74, 6) is 2.03. The lowest BCUT2D eigenvalue weighted by Gasteiger charge is -2.10. The number of anilines is 2. The van der Waals surface area contributed by atoms with Gasteiger partial charge in [0.25, 0.3) is 0 Å². The van der Waals surface area contributed by atoms with Crippen LogP contribution in [0.1, 0.15) is 5.56 Å². The Labute approximate surface area is 122 Å². The molecular weight excluding hydrogens is 274 g/mol. The van der Waals surface area contributed by atoms with Crippen molar-refractivity contribution in [3.8, 4) is 11.5 Å². The number of nitrogens with one attached hydrogen (secondary N) is 1. The van der Waals surface area contributed by atoms with Crippen LogP contribution in [0.25, 0.3) is 0 Å². The maximum Gasteiger partial charge on any atom is 0.130 e. The van der Waals surface area contributed by atoms with Crippen LogP contribution < -0.4 is 20.5 Å². The number of rotatable bonds is 5. The first kappa shape index (κ1) is 14.1. The molecule has 0 amide bonds. The third-order valence-electron chi connectivity index (χ3n) is 2.67. The van der Waals surface area contributed by atoms with Gasteiger partial charge in [-0.2, -0.15) is 0 Å². The third-order valence-corrected chi connectivity index (χ3v) is 2.90. The van der Waals surface area contributed by atoms with E-state index >= 15 is 0 Å². The molecule has 3 N–H and O–H groups in total. The van der Waals surface area contributed by atoms with E-state index in [1.807, 2.05) is 12.1 Å². The van der Waals surface area contributed by atoms with Crippen LogP contribution in [0.4, 0.5) is 11.5 Å². The van der Waals surface area contributed by atoms with Gasteiger partial charge in [-0.1, -0.05) is 12.2 Å². The van der Waals surface area contributed by atoms with Gasteiger partial charge in [0.1, 0.15) is 22.3 Å². The van der Waals surface area contributed by atoms with Crippen LogP contribution in [0.15, 0.2) is 36.5 Å². The van der Waals surface area contributed by atoms with E-state index in [0.29, 0.717) is 22.3 Å². The van der Waals surface area contributed by atoms with Crippen molar-refractivity contribution in [2.45, 2.75) is 0 Å². The molecule has 0 unspecified atom stereocenters. The zero-order chi connectivity index (χ0) is 14.5. The van der Waals surface area contributed by atoms with Gasteiger partial charge in [-0.15, -0.1) is 0 Å². The number of thiocarbonyl (C=S) groups is 1. The molecule has 104 valence electrons. The van der Waals surface area contributed by atoms with E-state index in [-0.39, 0.29) is 0 Å². The number of pyridine rings is 1. The fourth-order valence-corrected chi connectivity index (χ4v) is 1.81.